The molecule has 0 spiro atoms. The third kappa shape index (κ3) is 1.94. The number of ether oxygens (including phenoxy) is 1. The van der Waals surface area contributed by atoms with Crippen molar-refractivity contribution in [1.29, 1.82) is 5.26 Å². The van der Waals surface area contributed by atoms with Crippen LogP contribution in [0.5, 0.6) is 5.75 Å². The number of rotatable bonds is 2. The molecule has 55 valence electrons. The second-order valence-corrected chi connectivity index (χ2v) is 1.80. The average molecular weight is 150 g/mol. The molecule has 1 aromatic rings. The lowest BCUT2D eigenvalue weighted by Gasteiger charge is -2.00. The molecule has 1 aromatic carbocycles. The van der Waals surface area contributed by atoms with Crippen LogP contribution in [0.1, 0.15) is 0 Å². The standard InChI is InChI=1S/C8H5FNO/c9-7-3-1-2-4-8(7)11-6-5-10/h1,3-4H,6H2. The smallest absolute Gasteiger partial charge is 0.174 e. The number of halogens is 1. The van der Waals surface area contributed by atoms with Gasteiger partial charge in [-0.15, -0.1) is 0 Å². The van der Waals surface area contributed by atoms with E-state index in [1.165, 1.54) is 18.2 Å². The molecule has 2 nitrogen and oxygen atoms in total. The molecule has 0 aromatic heterocycles. The van der Waals surface area contributed by atoms with Crippen molar-refractivity contribution in [3.63, 3.8) is 0 Å². The Bertz CT molecular complexity index is 280. The van der Waals surface area contributed by atoms with Crippen LogP contribution in [0, 0.1) is 23.2 Å². The van der Waals surface area contributed by atoms with E-state index in [0.29, 0.717) is 0 Å². The van der Waals surface area contributed by atoms with Gasteiger partial charge in [-0.25, -0.2) is 4.39 Å². The largest absolute Gasteiger partial charge is 0.476 e. The van der Waals surface area contributed by atoms with Crippen molar-refractivity contribution in [3.05, 3.63) is 30.1 Å². The molecule has 1 radical (unpaired) electrons. The first kappa shape index (κ1) is 7.55. The van der Waals surface area contributed by atoms with Gasteiger partial charge >= 0.3 is 0 Å². The van der Waals surface area contributed by atoms with Crippen molar-refractivity contribution in [3.8, 4) is 11.8 Å². The van der Waals surface area contributed by atoms with Gasteiger partial charge in [0.15, 0.2) is 18.2 Å². The number of hydrogen-bond acceptors (Lipinski definition) is 2. The zero-order chi connectivity index (χ0) is 8.10. The fraction of sp³-hybridized carbons (Fsp3) is 0.125. The predicted octanol–water partition coefficient (Wildman–Crippen LogP) is 1.53. The first-order valence-corrected chi connectivity index (χ1v) is 3.00. The molecular formula is C8H5FNO. The molecule has 0 saturated heterocycles. The highest BCUT2D eigenvalue weighted by Gasteiger charge is 1.98. The third-order valence-electron chi connectivity index (χ3n) is 1.07. The summed E-state index contributed by atoms with van der Waals surface area (Å²) in [5.74, 6) is -0.409. The highest BCUT2D eigenvalue weighted by Crippen LogP contribution is 2.14. The van der Waals surface area contributed by atoms with E-state index in [9.17, 15) is 4.39 Å². The lowest BCUT2D eigenvalue weighted by atomic mass is 10.3. The van der Waals surface area contributed by atoms with E-state index >= 15 is 0 Å². The van der Waals surface area contributed by atoms with Crippen LogP contribution >= 0.6 is 0 Å². The van der Waals surface area contributed by atoms with Crippen LogP contribution in [0.4, 0.5) is 4.39 Å². The molecule has 0 heterocycles. The molecule has 3 heteroatoms. The van der Waals surface area contributed by atoms with E-state index in [0.717, 1.165) is 0 Å². The maximum absolute atomic E-state index is 12.7. The molecule has 0 bridgehead atoms. The third-order valence-corrected chi connectivity index (χ3v) is 1.07. The molecule has 0 aliphatic rings. The molecule has 0 fully saturated rings. The Morgan fingerprint density at radius 2 is 2.55 bits per heavy atom. The minimum Gasteiger partial charge on any atom is -0.476 e. The zero-order valence-corrected chi connectivity index (χ0v) is 5.67. The van der Waals surface area contributed by atoms with Gasteiger partial charge in [-0.3, -0.25) is 0 Å². The summed E-state index contributed by atoms with van der Waals surface area (Å²) >= 11 is 0. The van der Waals surface area contributed by atoms with Crippen LogP contribution in [0.3, 0.4) is 0 Å². The average Bonchev–Trinajstić information content (AvgIpc) is 2.03. The summed E-state index contributed by atoms with van der Waals surface area (Å²) in [7, 11) is 0. The zero-order valence-electron chi connectivity index (χ0n) is 5.67. The van der Waals surface area contributed by atoms with Gasteiger partial charge < -0.3 is 4.74 Å². The highest BCUT2D eigenvalue weighted by atomic mass is 19.1. The Balaban J connectivity index is 2.71. The molecule has 1 rings (SSSR count). The monoisotopic (exact) mass is 150 g/mol. The summed E-state index contributed by atoms with van der Waals surface area (Å²) in [4.78, 5) is 0. The molecule has 0 saturated carbocycles. The SMILES string of the molecule is N#CCOc1c[c]ccc1F. The maximum atomic E-state index is 12.7. The van der Waals surface area contributed by atoms with Crippen LogP contribution in [-0.4, -0.2) is 6.61 Å². The first-order chi connectivity index (χ1) is 5.34. The summed E-state index contributed by atoms with van der Waals surface area (Å²) in [5, 5.41) is 8.11. The van der Waals surface area contributed by atoms with Crippen molar-refractivity contribution < 1.29 is 9.13 Å². The Morgan fingerprint density at radius 1 is 1.73 bits per heavy atom. The molecule has 11 heavy (non-hydrogen) atoms. The fourth-order valence-corrected chi connectivity index (χ4v) is 0.617. The summed E-state index contributed by atoms with van der Waals surface area (Å²) in [6.07, 6.45) is 0. The molecule has 0 aliphatic heterocycles. The van der Waals surface area contributed by atoms with Gasteiger partial charge in [0.2, 0.25) is 0 Å². The van der Waals surface area contributed by atoms with Gasteiger partial charge in [0.25, 0.3) is 0 Å². The van der Waals surface area contributed by atoms with Crippen molar-refractivity contribution >= 4 is 0 Å². The van der Waals surface area contributed by atoms with Gasteiger partial charge in [-0.05, 0) is 18.2 Å². The minimum absolute atomic E-state index is 0.0639. The molecule has 0 N–H and O–H groups in total. The molecular weight excluding hydrogens is 145 g/mol. The number of nitrogens with zero attached hydrogens (tertiary/aromatic N) is 1. The van der Waals surface area contributed by atoms with Crippen LogP contribution in [0.2, 0.25) is 0 Å². The van der Waals surface area contributed by atoms with Gasteiger partial charge in [0.1, 0.15) is 6.07 Å². The summed E-state index contributed by atoms with van der Waals surface area (Å²) in [5.41, 5.74) is 0. The quantitative estimate of drug-likeness (QED) is 0.640. The minimum atomic E-state index is -0.473. The van der Waals surface area contributed by atoms with Gasteiger partial charge in [0.05, 0.1) is 0 Å². The summed E-state index contributed by atoms with van der Waals surface area (Å²) in [6, 6.07) is 8.40. The van der Waals surface area contributed by atoms with Crippen molar-refractivity contribution in [2.24, 2.45) is 0 Å². The Morgan fingerprint density at radius 3 is 3.18 bits per heavy atom. The number of hydrogen-bond donors (Lipinski definition) is 0. The summed E-state index contributed by atoms with van der Waals surface area (Å²) < 4.78 is 17.4. The van der Waals surface area contributed by atoms with Crippen LogP contribution in [0.25, 0.3) is 0 Å². The molecule has 0 amide bonds. The van der Waals surface area contributed by atoms with Gasteiger partial charge in [-0.2, -0.15) is 5.26 Å². The second kappa shape index (κ2) is 3.57. The van der Waals surface area contributed by atoms with E-state index in [1.807, 2.05) is 0 Å². The molecule has 0 aliphatic carbocycles. The summed E-state index contributed by atoms with van der Waals surface area (Å²) in [6.45, 7) is -0.144. The maximum Gasteiger partial charge on any atom is 0.174 e. The fourth-order valence-electron chi connectivity index (χ4n) is 0.617. The molecule has 0 unspecified atom stereocenters. The Labute approximate surface area is 63.8 Å². The lowest BCUT2D eigenvalue weighted by Crippen LogP contribution is -1.95. The van der Waals surface area contributed by atoms with Crippen LogP contribution in [-0.2, 0) is 0 Å². The van der Waals surface area contributed by atoms with E-state index in [1.54, 1.807) is 6.07 Å². The Hall–Kier alpha value is -1.56. The first-order valence-electron chi connectivity index (χ1n) is 3.00. The normalized spacial score (nSPS) is 8.73. The Kier molecular flexibility index (Phi) is 2.45. The van der Waals surface area contributed by atoms with Crippen LogP contribution < -0.4 is 4.74 Å². The highest BCUT2D eigenvalue weighted by molar-refractivity contribution is 5.22. The van der Waals surface area contributed by atoms with E-state index in [-0.39, 0.29) is 12.4 Å². The molecule has 0 atom stereocenters. The van der Waals surface area contributed by atoms with Crippen molar-refractivity contribution in [2.75, 3.05) is 6.61 Å². The number of nitriles is 1. The second-order valence-electron chi connectivity index (χ2n) is 1.80. The van der Waals surface area contributed by atoms with Crippen molar-refractivity contribution in [2.45, 2.75) is 0 Å². The number of benzene rings is 1. The van der Waals surface area contributed by atoms with Crippen LogP contribution in [0.15, 0.2) is 18.2 Å². The van der Waals surface area contributed by atoms with E-state index in [4.69, 9.17) is 10.00 Å². The van der Waals surface area contributed by atoms with Gasteiger partial charge in [-0.1, -0.05) is 6.07 Å². The van der Waals surface area contributed by atoms with Crippen molar-refractivity contribution in [1.82, 2.24) is 0 Å². The van der Waals surface area contributed by atoms with Gasteiger partial charge in [0, 0.05) is 0 Å². The lowest BCUT2D eigenvalue weighted by molar-refractivity contribution is 0.346. The van der Waals surface area contributed by atoms with E-state index in [2.05, 4.69) is 6.07 Å². The topological polar surface area (TPSA) is 33.0 Å². The predicted molar refractivity (Wildman–Crippen MR) is 36.3 cm³/mol. The van der Waals surface area contributed by atoms with E-state index < -0.39 is 5.82 Å².